The van der Waals surface area contributed by atoms with E-state index in [4.69, 9.17) is 10.5 Å². The molecule has 0 fully saturated rings. The van der Waals surface area contributed by atoms with Crippen molar-refractivity contribution in [3.63, 3.8) is 0 Å². The number of nitrogens with two attached hydrogens (primary N) is 1. The normalized spacial score (nSPS) is 14.6. The first-order valence-electron chi connectivity index (χ1n) is 7.57. The van der Waals surface area contributed by atoms with Gasteiger partial charge < -0.3 is 10.5 Å². The van der Waals surface area contributed by atoms with E-state index >= 15 is 0 Å². The summed E-state index contributed by atoms with van der Waals surface area (Å²) in [6.45, 7) is 11.1. The molecule has 0 bridgehead atoms. The first-order valence-corrected chi connectivity index (χ1v) is 7.57. The summed E-state index contributed by atoms with van der Waals surface area (Å²) in [4.78, 5) is 2.47. The Morgan fingerprint density at radius 2 is 1.95 bits per heavy atom. The molecule has 2 unspecified atom stereocenters. The average Bonchev–Trinajstić information content (AvgIpc) is 2.46. The van der Waals surface area contributed by atoms with Crippen molar-refractivity contribution in [3.05, 3.63) is 34.9 Å². The van der Waals surface area contributed by atoms with Gasteiger partial charge in [0.15, 0.2) is 0 Å². The Morgan fingerprint density at radius 1 is 1.25 bits per heavy atom. The molecule has 20 heavy (non-hydrogen) atoms. The predicted octanol–water partition coefficient (Wildman–Crippen LogP) is 3.05. The van der Waals surface area contributed by atoms with E-state index in [1.54, 1.807) is 7.11 Å². The lowest BCUT2D eigenvalue weighted by Gasteiger charge is -2.36. The molecule has 2 atom stereocenters. The van der Waals surface area contributed by atoms with Gasteiger partial charge in [-0.1, -0.05) is 25.1 Å². The molecule has 0 amide bonds. The van der Waals surface area contributed by atoms with Gasteiger partial charge in [-0.2, -0.15) is 0 Å². The Bertz CT molecular complexity index is 406. The van der Waals surface area contributed by atoms with Gasteiger partial charge in [0.2, 0.25) is 0 Å². The summed E-state index contributed by atoms with van der Waals surface area (Å²) in [6, 6.07) is 7.44. The van der Waals surface area contributed by atoms with Gasteiger partial charge in [0.1, 0.15) is 0 Å². The molecule has 3 heteroatoms. The molecular weight excluding hydrogens is 248 g/mol. The van der Waals surface area contributed by atoms with E-state index in [1.165, 1.54) is 16.7 Å². The molecule has 1 rings (SSSR count). The number of nitrogens with zero attached hydrogens (tertiary/aromatic N) is 1. The number of methoxy groups -OCH3 is 1. The standard InChI is InChI=1S/C17H30N2O/c1-6-15(4)19(9-10-20-5)17(12-18)16-8-7-13(2)14(3)11-16/h7-8,11,15,17H,6,9-10,12,18H2,1-5H3. The maximum Gasteiger partial charge on any atom is 0.0590 e. The van der Waals surface area contributed by atoms with E-state index in [2.05, 4.69) is 50.8 Å². The largest absolute Gasteiger partial charge is 0.383 e. The molecular formula is C17H30N2O. The van der Waals surface area contributed by atoms with Crippen LogP contribution in [-0.4, -0.2) is 37.7 Å². The molecule has 0 heterocycles. The van der Waals surface area contributed by atoms with Gasteiger partial charge in [-0.05, 0) is 43.9 Å². The van der Waals surface area contributed by atoms with Crippen LogP contribution >= 0.6 is 0 Å². The lowest BCUT2D eigenvalue weighted by molar-refractivity contribution is 0.0902. The van der Waals surface area contributed by atoms with E-state index in [0.29, 0.717) is 12.6 Å². The lowest BCUT2D eigenvalue weighted by Crippen LogP contribution is -2.41. The first-order chi connectivity index (χ1) is 9.54. The fraction of sp³-hybridized carbons (Fsp3) is 0.647. The highest BCUT2D eigenvalue weighted by Gasteiger charge is 2.23. The van der Waals surface area contributed by atoms with Crippen LogP contribution in [0.5, 0.6) is 0 Å². The summed E-state index contributed by atoms with van der Waals surface area (Å²) in [6.07, 6.45) is 1.12. The molecule has 0 radical (unpaired) electrons. The van der Waals surface area contributed by atoms with Gasteiger partial charge in [0, 0.05) is 32.3 Å². The van der Waals surface area contributed by atoms with Crippen LogP contribution < -0.4 is 5.73 Å². The molecule has 0 spiro atoms. The highest BCUT2D eigenvalue weighted by Crippen LogP contribution is 2.25. The van der Waals surface area contributed by atoms with Crippen LogP contribution in [0.25, 0.3) is 0 Å². The molecule has 0 aliphatic carbocycles. The summed E-state index contributed by atoms with van der Waals surface area (Å²) in [5.74, 6) is 0. The molecule has 0 saturated carbocycles. The van der Waals surface area contributed by atoms with Crippen molar-refractivity contribution in [2.45, 2.75) is 46.2 Å². The minimum atomic E-state index is 0.263. The van der Waals surface area contributed by atoms with Crippen molar-refractivity contribution in [2.24, 2.45) is 5.73 Å². The first kappa shape index (κ1) is 17.2. The number of rotatable bonds is 8. The van der Waals surface area contributed by atoms with E-state index in [-0.39, 0.29) is 6.04 Å². The van der Waals surface area contributed by atoms with Crippen LogP contribution in [-0.2, 0) is 4.74 Å². The fourth-order valence-electron chi connectivity index (χ4n) is 2.55. The molecule has 0 saturated heterocycles. The van der Waals surface area contributed by atoms with Crippen LogP contribution in [0.2, 0.25) is 0 Å². The Hall–Kier alpha value is -0.900. The summed E-state index contributed by atoms with van der Waals surface area (Å²) in [7, 11) is 1.75. The van der Waals surface area contributed by atoms with Gasteiger partial charge in [-0.3, -0.25) is 4.90 Å². The van der Waals surface area contributed by atoms with Gasteiger partial charge in [-0.25, -0.2) is 0 Å². The van der Waals surface area contributed by atoms with Gasteiger partial charge in [-0.15, -0.1) is 0 Å². The Morgan fingerprint density at radius 3 is 2.45 bits per heavy atom. The summed E-state index contributed by atoms with van der Waals surface area (Å²) in [5, 5.41) is 0. The Balaban J connectivity index is 3.01. The number of benzene rings is 1. The van der Waals surface area contributed by atoms with E-state index in [0.717, 1.165) is 19.6 Å². The van der Waals surface area contributed by atoms with Gasteiger partial charge in [0.25, 0.3) is 0 Å². The number of ether oxygens (including phenoxy) is 1. The van der Waals surface area contributed by atoms with Gasteiger partial charge in [0.05, 0.1) is 6.61 Å². The molecule has 2 N–H and O–H groups in total. The highest BCUT2D eigenvalue weighted by molar-refractivity contribution is 5.32. The van der Waals surface area contributed by atoms with Crippen LogP contribution in [0, 0.1) is 13.8 Å². The van der Waals surface area contributed by atoms with Crippen molar-refractivity contribution in [1.29, 1.82) is 0 Å². The quantitative estimate of drug-likeness (QED) is 0.794. The molecule has 3 nitrogen and oxygen atoms in total. The molecule has 1 aromatic carbocycles. The molecule has 1 aromatic rings. The van der Waals surface area contributed by atoms with Crippen LogP contribution in [0.1, 0.15) is 43.0 Å². The second-order valence-electron chi connectivity index (χ2n) is 5.58. The number of hydrogen-bond acceptors (Lipinski definition) is 3. The van der Waals surface area contributed by atoms with E-state index in [1.807, 2.05) is 0 Å². The highest BCUT2D eigenvalue weighted by atomic mass is 16.5. The van der Waals surface area contributed by atoms with Crippen molar-refractivity contribution in [1.82, 2.24) is 4.90 Å². The Kier molecular flexibility index (Phi) is 7.20. The predicted molar refractivity (Wildman–Crippen MR) is 86.0 cm³/mol. The Labute approximate surface area is 124 Å². The molecule has 0 aromatic heterocycles. The maximum absolute atomic E-state index is 6.08. The summed E-state index contributed by atoms with van der Waals surface area (Å²) in [5.41, 5.74) is 10.0. The smallest absolute Gasteiger partial charge is 0.0590 e. The third-order valence-electron chi connectivity index (χ3n) is 4.25. The minimum Gasteiger partial charge on any atom is -0.383 e. The van der Waals surface area contributed by atoms with Crippen molar-refractivity contribution in [3.8, 4) is 0 Å². The van der Waals surface area contributed by atoms with E-state index in [9.17, 15) is 0 Å². The lowest BCUT2D eigenvalue weighted by atomic mass is 9.98. The van der Waals surface area contributed by atoms with Crippen LogP contribution in [0.3, 0.4) is 0 Å². The second-order valence-corrected chi connectivity index (χ2v) is 5.58. The van der Waals surface area contributed by atoms with Crippen molar-refractivity contribution in [2.75, 3.05) is 26.8 Å². The summed E-state index contributed by atoms with van der Waals surface area (Å²) >= 11 is 0. The molecule has 0 aliphatic heterocycles. The zero-order chi connectivity index (χ0) is 15.1. The number of aryl methyl sites for hydroxylation is 2. The number of hydrogen-bond donors (Lipinski definition) is 1. The second kappa shape index (κ2) is 8.40. The molecule has 0 aliphatic rings. The monoisotopic (exact) mass is 278 g/mol. The SMILES string of the molecule is CCC(C)N(CCOC)C(CN)c1ccc(C)c(C)c1. The zero-order valence-corrected chi connectivity index (χ0v) is 13.6. The van der Waals surface area contributed by atoms with Gasteiger partial charge >= 0.3 is 0 Å². The maximum atomic E-state index is 6.08. The fourth-order valence-corrected chi connectivity index (χ4v) is 2.55. The van der Waals surface area contributed by atoms with Crippen molar-refractivity contribution >= 4 is 0 Å². The van der Waals surface area contributed by atoms with Crippen molar-refractivity contribution < 1.29 is 4.74 Å². The van der Waals surface area contributed by atoms with Crippen LogP contribution in [0.4, 0.5) is 0 Å². The van der Waals surface area contributed by atoms with Crippen LogP contribution in [0.15, 0.2) is 18.2 Å². The third kappa shape index (κ3) is 4.30. The van der Waals surface area contributed by atoms with E-state index < -0.39 is 0 Å². The third-order valence-corrected chi connectivity index (χ3v) is 4.25. The average molecular weight is 278 g/mol. The minimum absolute atomic E-state index is 0.263. The topological polar surface area (TPSA) is 38.5 Å². The molecule has 114 valence electrons. The zero-order valence-electron chi connectivity index (χ0n) is 13.6. The summed E-state index contributed by atoms with van der Waals surface area (Å²) < 4.78 is 5.26.